The molecule has 2 aromatic rings. The van der Waals surface area contributed by atoms with Crippen molar-refractivity contribution in [1.29, 1.82) is 0 Å². The van der Waals surface area contributed by atoms with E-state index in [1.54, 1.807) is 30.6 Å². The Morgan fingerprint density at radius 2 is 2.05 bits per heavy atom. The highest BCUT2D eigenvalue weighted by Gasteiger charge is 2.12. The third-order valence-corrected chi connectivity index (χ3v) is 2.72. The van der Waals surface area contributed by atoms with Crippen molar-refractivity contribution in [2.45, 2.75) is 13.3 Å². The molecule has 6 heteroatoms. The molecular formula is C14H18N4O2. The molecule has 0 aromatic carbocycles. The van der Waals surface area contributed by atoms with Crippen LogP contribution in [-0.4, -0.2) is 35.7 Å². The van der Waals surface area contributed by atoms with Crippen molar-refractivity contribution < 1.29 is 9.32 Å². The molecule has 0 bridgehead atoms. The fourth-order valence-electron chi connectivity index (χ4n) is 1.69. The van der Waals surface area contributed by atoms with Crippen LogP contribution in [0.5, 0.6) is 0 Å². The second-order valence-corrected chi connectivity index (χ2v) is 4.32. The van der Waals surface area contributed by atoms with Gasteiger partial charge in [-0.3, -0.25) is 9.78 Å². The van der Waals surface area contributed by atoms with E-state index in [4.69, 9.17) is 4.52 Å². The maximum Gasteiger partial charge on any atom is 0.273 e. The number of aromatic nitrogens is 2. The van der Waals surface area contributed by atoms with E-state index in [1.165, 1.54) is 0 Å². The number of carbonyl (C=O) groups is 1. The van der Waals surface area contributed by atoms with Crippen molar-refractivity contribution in [2.75, 3.05) is 19.6 Å². The van der Waals surface area contributed by atoms with Gasteiger partial charge in [0.1, 0.15) is 0 Å². The van der Waals surface area contributed by atoms with E-state index >= 15 is 0 Å². The summed E-state index contributed by atoms with van der Waals surface area (Å²) >= 11 is 0. The number of pyridine rings is 1. The van der Waals surface area contributed by atoms with Crippen molar-refractivity contribution in [1.82, 2.24) is 20.8 Å². The van der Waals surface area contributed by atoms with E-state index < -0.39 is 0 Å². The van der Waals surface area contributed by atoms with Crippen molar-refractivity contribution in [3.05, 3.63) is 36.3 Å². The van der Waals surface area contributed by atoms with Crippen LogP contribution in [-0.2, 0) is 0 Å². The molecule has 0 aliphatic carbocycles. The third-order valence-electron chi connectivity index (χ3n) is 2.72. The molecule has 0 saturated carbocycles. The highest BCUT2D eigenvalue weighted by molar-refractivity contribution is 5.93. The molecule has 106 valence electrons. The quantitative estimate of drug-likeness (QED) is 0.747. The molecule has 0 fully saturated rings. The highest BCUT2D eigenvalue weighted by atomic mass is 16.5. The average molecular weight is 274 g/mol. The SMILES string of the molecule is CCCNCCNC(=O)c1cc(-c2ccncc2)on1. The summed E-state index contributed by atoms with van der Waals surface area (Å²) in [7, 11) is 0. The van der Waals surface area contributed by atoms with Crippen LogP contribution in [0.2, 0.25) is 0 Å². The molecule has 0 radical (unpaired) electrons. The van der Waals surface area contributed by atoms with Gasteiger partial charge in [-0.05, 0) is 25.1 Å². The van der Waals surface area contributed by atoms with Gasteiger partial charge in [0.05, 0.1) is 0 Å². The smallest absolute Gasteiger partial charge is 0.273 e. The van der Waals surface area contributed by atoms with Gasteiger partial charge in [0.2, 0.25) is 0 Å². The van der Waals surface area contributed by atoms with Crippen molar-refractivity contribution in [3.8, 4) is 11.3 Å². The molecule has 0 unspecified atom stereocenters. The van der Waals surface area contributed by atoms with Crippen LogP contribution in [0.25, 0.3) is 11.3 Å². The number of nitrogens with one attached hydrogen (secondary N) is 2. The third kappa shape index (κ3) is 3.89. The molecule has 6 nitrogen and oxygen atoms in total. The Morgan fingerprint density at radius 3 is 2.80 bits per heavy atom. The Balaban J connectivity index is 1.87. The van der Waals surface area contributed by atoms with Crippen LogP contribution in [0.3, 0.4) is 0 Å². The van der Waals surface area contributed by atoms with E-state index in [1.807, 2.05) is 0 Å². The standard InChI is InChI=1S/C14H18N4O2/c1-2-5-15-8-9-17-14(19)12-10-13(20-18-12)11-3-6-16-7-4-11/h3-4,6-7,10,15H,2,5,8-9H2,1H3,(H,17,19). The van der Waals surface area contributed by atoms with Crippen LogP contribution in [0.15, 0.2) is 35.1 Å². The molecule has 0 aliphatic rings. The van der Waals surface area contributed by atoms with E-state index in [0.29, 0.717) is 12.3 Å². The van der Waals surface area contributed by atoms with Gasteiger partial charge in [-0.1, -0.05) is 12.1 Å². The van der Waals surface area contributed by atoms with E-state index in [-0.39, 0.29) is 11.6 Å². The lowest BCUT2D eigenvalue weighted by Crippen LogP contribution is -2.32. The van der Waals surface area contributed by atoms with Crippen LogP contribution < -0.4 is 10.6 Å². The molecule has 2 heterocycles. The van der Waals surface area contributed by atoms with Crippen molar-refractivity contribution >= 4 is 5.91 Å². The summed E-state index contributed by atoms with van der Waals surface area (Å²) in [5.41, 5.74) is 1.13. The zero-order valence-corrected chi connectivity index (χ0v) is 11.4. The number of hydrogen-bond donors (Lipinski definition) is 2. The van der Waals surface area contributed by atoms with Gasteiger partial charge in [-0.25, -0.2) is 0 Å². The monoisotopic (exact) mass is 274 g/mol. The van der Waals surface area contributed by atoms with Gasteiger partial charge in [-0.15, -0.1) is 0 Å². The van der Waals surface area contributed by atoms with Gasteiger partial charge in [0.25, 0.3) is 5.91 Å². The summed E-state index contributed by atoms with van der Waals surface area (Å²) in [4.78, 5) is 15.8. The summed E-state index contributed by atoms with van der Waals surface area (Å²) in [6.45, 7) is 4.36. The molecule has 0 aliphatic heterocycles. The lowest BCUT2D eigenvalue weighted by atomic mass is 10.2. The lowest BCUT2D eigenvalue weighted by Gasteiger charge is -2.03. The molecule has 0 atom stereocenters. The van der Waals surface area contributed by atoms with Gasteiger partial charge < -0.3 is 15.2 Å². The minimum atomic E-state index is -0.229. The van der Waals surface area contributed by atoms with Gasteiger partial charge in [-0.2, -0.15) is 0 Å². The van der Waals surface area contributed by atoms with Crippen LogP contribution >= 0.6 is 0 Å². The number of rotatable bonds is 7. The van der Waals surface area contributed by atoms with Crippen LogP contribution in [0.4, 0.5) is 0 Å². The first-order valence-electron chi connectivity index (χ1n) is 6.67. The average Bonchev–Trinajstić information content (AvgIpc) is 2.98. The van der Waals surface area contributed by atoms with Crippen molar-refractivity contribution in [2.24, 2.45) is 0 Å². The highest BCUT2D eigenvalue weighted by Crippen LogP contribution is 2.18. The summed E-state index contributed by atoms with van der Waals surface area (Å²) in [5.74, 6) is 0.328. The number of carbonyl (C=O) groups excluding carboxylic acids is 1. The van der Waals surface area contributed by atoms with Crippen LogP contribution in [0, 0.1) is 0 Å². The first kappa shape index (κ1) is 14.2. The Morgan fingerprint density at radius 1 is 1.25 bits per heavy atom. The fourth-order valence-corrected chi connectivity index (χ4v) is 1.69. The lowest BCUT2D eigenvalue weighted by molar-refractivity contribution is 0.0945. The maximum atomic E-state index is 11.8. The second kappa shape index (κ2) is 7.40. The summed E-state index contributed by atoms with van der Waals surface area (Å²) in [5, 5.41) is 9.77. The topological polar surface area (TPSA) is 80.0 Å². The van der Waals surface area contributed by atoms with Gasteiger partial charge >= 0.3 is 0 Å². The number of nitrogens with zero attached hydrogens (tertiary/aromatic N) is 2. The molecule has 2 rings (SSSR count). The van der Waals surface area contributed by atoms with Gasteiger partial charge in [0.15, 0.2) is 11.5 Å². The number of amides is 1. The Bertz CT molecular complexity index is 539. The Kier molecular flexibility index (Phi) is 5.25. The fraction of sp³-hybridized carbons (Fsp3) is 0.357. The van der Waals surface area contributed by atoms with Crippen LogP contribution in [0.1, 0.15) is 23.8 Å². The van der Waals surface area contributed by atoms with E-state index in [9.17, 15) is 4.79 Å². The predicted molar refractivity (Wildman–Crippen MR) is 75.2 cm³/mol. The summed E-state index contributed by atoms with van der Waals surface area (Å²) in [6, 6.07) is 5.23. The molecule has 0 spiro atoms. The molecule has 0 saturated heterocycles. The number of hydrogen-bond acceptors (Lipinski definition) is 5. The largest absolute Gasteiger partial charge is 0.355 e. The second-order valence-electron chi connectivity index (χ2n) is 4.32. The minimum Gasteiger partial charge on any atom is -0.355 e. The van der Waals surface area contributed by atoms with E-state index in [0.717, 1.165) is 25.1 Å². The van der Waals surface area contributed by atoms with Crippen molar-refractivity contribution in [3.63, 3.8) is 0 Å². The van der Waals surface area contributed by atoms with E-state index in [2.05, 4.69) is 27.7 Å². The molecule has 20 heavy (non-hydrogen) atoms. The maximum absolute atomic E-state index is 11.8. The predicted octanol–water partition coefficient (Wildman–Crippen LogP) is 1.47. The first-order chi connectivity index (χ1) is 9.81. The first-order valence-corrected chi connectivity index (χ1v) is 6.67. The Labute approximate surface area is 117 Å². The van der Waals surface area contributed by atoms with Gasteiger partial charge in [0, 0.05) is 37.1 Å². The molecule has 2 aromatic heterocycles. The summed E-state index contributed by atoms with van der Waals surface area (Å²) in [6.07, 6.45) is 4.40. The molecular weight excluding hydrogens is 256 g/mol. The molecule has 2 N–H and O–H groups in total. The Hall–Kier alpha value is -2.21. The minimum absolute atomic E-state index is 0.229. The summed E-state index contributed by atoms with van der Waals surface area (Å²) < 4.78 is 5.16. The zero-order chi connectivity index (χ0) is 14.2. The molecule has 1 amide bonds. The normalized spacial score (nSPS) is 10.4. The zero-order valence-electron chi connectivity index (χ0n) is 11.4.